The van der Waals surface area contributed by atoms with Crippen molar-refractivity contribution in [3.8, 4) is 0 Å². The molecule has 2 unspecified atom stereocenters. The quantitative estimate of drug-likeness (QED) is 0.809. The van der Waals surface area contributed by atoms with E-state index < -0.39 is 0 Å². The average Bonchev–Trinajstić information content (AvgIpc) is 2.41. The molecule has 2 rings (SSSR count). The van der Waals surface area contributed by atoms with Crippen LogP contribution in [0, 0.1) is 5.92 Å². The predicted molar refractivity (Wildman–Crippen MR) is 88.0 cm³/mol. The van der Waals surface area contributed by atoms with Crippen molar-refractivity contribution >= 4 is 29.0 Å². The van der Waals surface area contributed by atoms with Gasteiger partial charge in [0.15, 0.2) is 0 Å². The molecule has 0 aliphatic heterocycles. The Hall–Kier alpha value is -1.16. The summed E-state index contributed by atoms with van der Waals surface area (Å²) < 4.78 is 0. The minimum Gasteiger partial charge on any atom is -0.399 e. The van der Waals surface area contributed by atoms with Crippen molar-refractivity contribution in [2.45, 2.75) is 44.3 Å². The van der Waals surface area contributed by atoms with Crippen molar-refractivity contribution in [1.29, 1.82) is 0 Å². The zero-order chi connectivity index (χ0) is 14.4. The number of hydrogen-bond acceptors (Lipinski definition) is 3. The molecule has 1 aromatic carbocycles. The first-order valence-corrected chi connectivity index (χ1v) is 8.45. The van der Waals surface area contributed by atoms with Crippen LogP contribution in [-0.2, 0) is 4.79 Å². The van der Waals surface area contributed by atoms with Crippen LogP contribution in [0.15, 0.2) is 24.3 Å². The highest BCUT2D eigenvalue weighted by molar-refractivity contribution is 7.99. The van der Waals surface area contributed by atoms with Crippen molar-refractivity contribution in [2.24, 2.45) is 5.92 Å². The molecule has 1 aliphatic rings. The molecule has 1 aromatic rings. The number of nitrogen functional groups attached to an aromatic ring is 1. The Balaban J connectivity index is 1.66. The highest BCUT2D eigenvalue weighted by atomic mass is 32.2. The summed E-state index contributed by atoms with van der Waals surface area (Å²) in [5.74, 6) is 1.86. The molecule has 0 aromatic heterocycles. The maximum absolute atomic E-state index is 11.8. The van der Waals surface area contributed by atoms with Gasteiger partial charge in [0.2, 0.25) is 5.91 Å². The average molecular weight is 292 g/mol. The van der Waals surface area contributed by atoms with Crippen LogP contribution in [-0.4, -0.2) is 16.9 Å². The first-order chi connectivity index (χ1) is 9.63. The molecule has 0 heterocycles. The van der Waals surface area contributed by atoms with Crippen molar-refractivity contribution in [2.75, 3.05) is 16.8 Å². The van der Waals surface area contributed by atoms with E-state index >= 15 is 0 Å². The van der Waals surface area contributed by atoms with Crippen LogP contribution >= 0.6 is 11.8 Å². The van der Waals surface area contributed by atoms with Crippen LogP contribution in [0.3, 0.4) is 0 Å². The third kappa shape index (κ3) is 5.08. The van der Waals surface area contributed by atoms with Crippen molar-refractivity contribution in [3.05, 3.63) is 24.3 Å². The van der Waals surface area contributed by atoms with E-state index in [1.54, 1.807) is 12.1 Å². The summed E-state index contributed by atoms with van der Waals surface area (Å²) in [7, 11) is 0. The van der Waals surface area contributed by atoms with Gasteiger partial charge in [0, 0.05) is 28.8 Å². The molecule has 0 saturated heterocycles. The molecule has 0 radical (unpaired) electrons. The van der Waals surface area contributed by atoms with Crippen molar-refractivity contribution < 1.29 is 4.79 Å². The van der Waals surface area contributed by atoms with Gasteiger partial charge in [-0.25, -0.2) is 0 Å². The lowest BCUT2D eigenvalue weighted by molar-refractivity contribution is -0.115. The second kappa shape index (κ2) is 7.58. The first kappa shape index (κ1) is 15.2. The minimum atomic E-state index is 0.0890. The summed E-state index contributed by atoms with van der Waals surface area (Å²) in [5, 5.41) is 3.66. The fourth-order valence-electron chi connectivity index (χ4n) is 2.64. The summed E-state index contributed by atoms with van der Waals surface area (Å²) in [6.45, 7) is 2.33. The minimum absolute atomic E-state index is 0.0890. The predicted octanol–water partition coefficient (Wildman–Crippen LogP) is 3.91. The number of nitrogens with one attached hydrogen (secondary N) is 1. The monoisotopic (exact) mass is 292 g/mol. The van der Waals surface area contributed by atoms with Crippen molar-refractivity contribution in [1.82, 2.24) is 0 Å². The Morgan fingerprint density at radius 3 is 2.80 bits per heavy atom. The standard InChI is InChI=1S/C16H24N2OS/c1-12-3-2-4-15(11-12)20-10-9-16(19)18-14-7-5-13(17)6-8-14/h5-8,12,15H,2-4,9-11,17H2,1H3,(H,18,19). The van der Waals surface area contributed by atoms with Crippen LogP contribution < -0.4 is 11.1 Å². The van der Waals surface area contributed by atoms with Crippen LogP contribution in [0.2, 0.25) is 0 Å². The van der Waals surface area contributed by atoms with Crippen LogP contribution in [0.5, 0.6) is 0 Å². The maximum atomic E-state index is 11.8. The molecule has 1 amide bonds. The van der Waals surface area contributed by atoms with Gasteiger partial charge < -0.3 is 11.1 Å². The fraction of sp³-hybridized carbons (Fsp3) is 0.562. The van der Waals surface area contributed by atoms with Crippen LogP contribution in [0.4, 0.5) is 11.4 Å². The summed E-state index contributed by atoms with van der Waals surface area (Å²) in [6, 6.07) is 7.27. The zero-order valence-electron chi connectivity index (χ0n) is 12.1. The lowest BCUT2D eigenvalue weighted by Crippen LogP contribution is -2.17. The van der Waals surface area contributed by atoms with Gasteiger partial charge in [0.05, 0.1) is 0 Å². The van der Waals surface area contributed by atoms with Gasteiger partial charge in [-0.15, -0.1) is 0 Å². The molecular weight excluding hydrogens is 268 g/mol. The maximum Gasteiger partial charge on any atom is 0.225 e. The Kier molecular flexibility index (Phi) is 5.77. The molecule has 2 atom stereocenters. The number of amides is 1. The van der Waals surface area contributed by atoms with Gasteiger partial charge in [-0.1, -0.05) is 19.8 Å². The molecule has 3 N–H and O–H groups in total. The Bertz CT molecular complexity index is 433. The lowest BCUT2D eigenvalue weighted by Gasteiger charge is -2.26. The van der Waals surface area contributed by atoms with E-state index in [0.29, 0.717) is 12.1 Å². The van der Waals surface area contributed by atoms with Crippen LogP contribution in [0.25, 0.3) is 0 Å². The Morgan fingerprint density at radius 1 is 1.35 bits per heavy atom. The van der Waals surface area contributed by atoms with Gasteiger partial charge in [0.25, 0.3) is 0 Å². The number of anilines is 2. The van der Waals surface area contributed by atoms with Gasteiger partial charge >= 0.3 is 0 Å². The molecule has 20 heavy (non-hydrogen) atoms. The first-order valence-electron chi connectivity index (χ1n) is 7.40. The summed E-state index contributed by atoms with van der Waals surface area (Å²) in [4.78, 5) is 11.8. The topological polar surface area (TPSA) is 55.1 Å². The molecule has 1 fully saturated rings. The molecule has 4 heteroatoms. The fourth-order valence-corrected chi connectivity index (χ4v) is 4.07. The zero-order valence-corrected chi connectivity index (χ0v) is 12.9. The number of nitrogens with two attached hydrogens (primary N) is 1. The summed E-state index contributed by atoms with van der Waals surface area (Å²) in [5.41, 5.74) is 7.15. The number of carbonyl (C=O) groups excluding carboxylic acids is 1. The van der Waals surface area contributed by atoms with E-state index in [2.05, 4.69) is 12.2 Å². The van der Waals surface area contributed by atoms with Crippen molar-refractivity contribution in [3.63, 3.8) is 0 Å². The summed E-state index contributed by atoms with van der Waals surface area (Å²) in [6.07, 6.45) is 5.92. The molecule has 1 saturated carbocycles. The van der Waals surface area contributed by atoms with Gasteiger partial charge in [-0.2, -0.15) is 11.8 Å². The normalized spacial score (nSPS) is 22.4. The van der Waals surface area contributed by atoms with Gasteiger partial charge in [-0.3, -0.25) is 4.79 Å². The highest BCUT2D eigenvalue weighted by Crippen LogP contribution is 2.32. The summed E-state index contributed by atoms with van der Waals surface area (Å²) >= 11 is 1.96. The number of carbonyl (C=O) groups is 1. The van der Waals surface area contributed by atoms with Gasteiger partial charge in [-0.05, 0) is 43.0 Å². The van der Waals surface area contributed by atoms with E-state index in [1.165, 1.54) is 25.7 Å². The van der Waals surface area contributed by atoms with E-state index in [1.807, 2.05) is 23.9 Å². The van der Waals surface area contributed by atoms with Crippen LogP contribution in [0.1, 0.15) is 39.0 Å². The number of hydrogen-bond donors (Lipinski definition) is 2. The Morgan fingerprint density at radius 2 is 2.10 bits per heavy atom. The third-order valence-electron chi connectivity index (χ3n) is 3.77. The van der Waals surface area contributed by atoms with Gasteiger partial charge in [0.1, 0.15) is 0 Å². The largest absolute Gasteiger partial charge is 0.399 e. The molecule has 0 bridgehead atoms. The number of benzene rings is 1. The SMILES string of the molecule is CC1CCCC(SCCC(=O)Nc2ccc(N)cc2)C1. The molecule has 1 aliphatic carbocycles. The smallest absolute Gasteiger partial charge is 0.225 e. The molecule has 110 valence electrons. The van der Waals surface area contributed by atoms with E-state index in [4.69, 9.17) is 5.73 Å². The lowest BCUT2D eigenvalue weighted by atomic mass is 9.91. The second-order valence-corrected chi connectivity index (χ2v) is 7.09. The van der Waals surface area contributed by atoms with E-state index in [-0.39, 0.29) is 5.91 Å². The number of rotatable bonds is 5. The second-order valence-electron chi connectivity index (χ2n) is 5.68. The number of thioether (sulfide) groups is 1. The highest BCUT2D eigenvalue weighted by Gasteiger charge is 2.19. The molecular formula is C16H24N2OS. The molecule has 0 spiro atoms. The van der Waals surface area contributed by atoms with E-state index in [0.717, 1.165) is 22.6 Å². The molecule has 3 nitrogen and oxygen atoms in total. The van der Waals surface area contributed by atoms with E-state index in [9.17, 15) is 4.79 Å². The Labute approximate surface area is 125 Å². The third-order valence-corrected chi connectivity index (χ3v) is 5.10.